The third-order valence-corrected chi connectivity index (χ3v) is 3.80. The summed E-state index contributed by atoms with van der Waals surface area (Å²) in [6.07, 6.45) is 3.30. The highest BCUT2D eigenvalue weighted by Crippen LogP contribution is 2.12. The van der Waals surface area contributed by atoms with E-state index in [0.29, 0.717) is 35.7 Å². The Morgan fingerprint density at radius 2 is 1.89 bits per heavy atom. The first-order valence-corrected chi connectivity index (χ1v) is 8.26. The minimum atomic E-state index is -0.372. The van der Waals surface area contributed by atoms with Crippen LogP contribution in [0.2, 0.25) is 0 Å². The summed E-state index contributed by atoms with van der Waals surface area (Å²) in [4.78, 5) is 20.4. The van der Waals surface area contributed by atoms with E-state index in [2.05, 4.69) is 20.6 Å². The largest absolute Gasteiger partial charge is 0.354 e. The highest BCUT2D eigenvalue weighted by molar-refractivity contribution is 6.03. The molecule has 0 saturated carbocycles. The molecule has 7 heteroatoms. The summed E-state index contributed by atoms with van der Waals surface area (Å²) in [6, 6.07) is 15.2. The number of carbonyl (C=O) groups is 1. The Morgan fingerprint density at radius 1 is 1.11 bits per heavy atom. The number of aromatic nitrogens is 2. The van der Waals surface area contributed by atoms with Crippen LogP contribution in [0.15, 0.2) is 60.9 Å². The molecule has 0 aliphatic rings. The van der Waals surface area contributed by atoms with Gasteiger partial charge in [-0.3, -0.25) is 4.79 Å². The molecule has 1 aromatic heterocycles. The normalized spacial score (nSPS) is 10.1. The fourth-order valence-corrected chi connectivity index (χ4v) is 2.42. The monoisotopic (exact) mass is 361 g/mol. The van der Waals surface area contributed by atoms with Crippen molar-refractivity contribution in [3.63, 3.8) is 0 Å². The Bertz CT molecular complexity index is 982. The molecule has 0 aliphatic heterocycles. The van der Waals surface area contributed by atoms with Gasteiger partial charge in [-0.1, -0.05) is 24.3 Å². The average molecular weight is 361 g/mol. The van der Waals surface area contributed by atoms with Crippen molar-refractivity contribution in [3.05, 3.63) is 83.4 Å². The quantitative estimate of drug-likeness (QED) is 0.702. The molecule has 1 heterocycles. The Hall–Kier alpha value is -3.79. The van der Waals surface area contributed by atoms with Crippen molar-refractivity contribution in [3.8, 4) is 6.07 Å². The van der Waals surface area contributed by atoms with Crippen LogP contribution in [0.4, 0.5) is 16.0 Å². The number of carbonyl (C=O) groups excluding carboxylic acids is 1. The molecule has 6 nitrogen and oxygen atoms in total. The van der Waals surface area contributed by atoms with Crippen LogP contribution in [0.1, 0.15) is 21.5 Å². The van der Waals surface area contributed by atoms with E-state index in [1.165, 1.54) is 18.5 Å². The molecule has 3 rings (SSSR count). The van der Waals surface area contributed by atoms with Crippen LogP contribution in [0.3, 0.4) is 0 Å². The lowest BCUT2D eigenvalue weighted by Crippen LogP contribution is -2.14. The zero-order chi connectivity index (χ0) is 19.1. The number of nitrogens with one attached hydrogen (secondary N) is 2. The van der Waals surface area contributed by atoms with Crippen molar-refractivity contribution in [1.82, 2.24) is 9.97 Å². The van der Waals surface area contributed by atoms with Gasteiger partial charge in [0.25, 0.3) is 5.91 Å². The van der Waals surface area contributed by atoms with E-state index in [4.69, 9.17) is 5.26 Å². The smallest absolute Gasteiger partial charge is 0.258 e. The van der Waals surface area contributed by atoms with Crippen LogP contribution in [0, 0.1) is 17.1 Å². The molecule has 0 aliphatic carbocycles. The van der Waals surface area contributed by atoms with Crippen molar-refractivity contribution >= 4 is 17.5 Å². The molecule has 2 aromatic carbocycles. The third kappa shape index (κ3) is 4.86. The Morgan fingerprint density at radius 3 is 2.63 bits per heavy atom. The number of nitriles is 1. The second-order valence-electron chi connectivity index (χ2n) is 5.71. The number of nitrogens with zero attached hydrogens (tertiary/aromatic N) is 3. The van der Waals surface area contributed by atoms with Gasteiger partial charge in [-0.05, 0) is 36.2 Å². The van der Waals surface area contributed by atoms with E-state index in [0.717, 1.165) is 0 Å². The zero-order valence-corrected chi connectivity index (χ0v) is 14.3. The van der Waals surface area contributed by atoms with Crippen LogP contribution in [0.5, 0.6) is 0 Å². The van der Waals surface area contributed by atoms with E-state index < -0.39 is 0 Å². The molecular weight excluding hydrogens is 345 g/mol. The van der Waals surface area contributed by atoms with Crippen molar-refractivity contribution in [2.45, 2.75) is 6.42 Å². The summed E-state index contributed by atoms with van der Waals surface area (Å²) >= 11 is 0. The van der Waals surface area contributed by atoms with Gasteiger partial charge in [0, 0.05) is 24.6 Å². The minimum Gasteiger partial charge on any atom is -0.354 e. The molecule has 27 heavy (non-hydrogen) atoms. The summed E-state index contributed by atoms with van der Waals surface area (Å²) in [6.45, 7) is 0.466. The Balaban J connectivity index is 1.55. The number of amides is 1. The molecule has 0 fully saturated rings. The molecule has 1 amide bonds. The lowest BCUT2D eigenvalue weighted by Gasteiger charge is -2.07. The first kappa shape index (κ1) is 18.0. The third-order valence-electron chi connectivity index (χ3n) is 3.80. The van der Waals surface area contributed by atoms with Crippen molar-refractivity contribution in [2.75, 3.05) is 17.2 Å². The van der Waals surface area contributed by atoms with E-state index in [-0.39, 0.29) is 17.3 Å². The SMILES string of the molecule is N#Cc1cccc(NC(=O)c2cnc(NCCc3ccccc3F)nc2)c1. The van der Waals surface area contributed by atoms with Gasteiger partial charge in [0.15, 0.2) is 0 Å². The highest BCUT2D eigenvalue weighted by atomic mass is 19.1. The van der Waals surface area contributed by atoms with E-state index in [9.17, 15) is 9.18 Å². The number of benzene rings is 2. The molecule has 0 radical (unpaired) electrons. The number of hydrogen-bond acceptors (Lipinski definition) is 5. The van der Waals surface area contributed by atoms with Crippen molar-refractivity contribution in [1.29, 1.82) is 5.26 Å². The van der Waals surface area contributed by atoms with Gasteiger partial charge < -0.3 is 10.6 Å². The maximum absolute atomic E-state index is 13.6. The Kier molecular flexibility index (Phi) is 5.70. The summed E-state index contributed by atoms with van der Waals surface area (Å²) in [5, 5.41) is 14.6. The first-order chi connectivity index (χ1) is 13.2. The molecule has 0 saturated heterocycles. The number of anilines is 2. The van der Waals surface area contributed by atoms with Crippen LogP contribution >= 0.6 is 0 Å². The number of rotatable bonds is 6. The van der Waals surface area contributed by atoms with E-state index in [1.807, 2.05) is 6.07 Å². The van der Waals surface area contributed by atoms with Crippen LogP contribution in [-0.4, -0.2) is 22.4 Å². The molecule has 0 atom stereocenters. The van der Waals surface area contributed by atoms with Gasteiger partial charge in [0.1, 0.15) is 5.82 Å². The lowest BCUT2D eigenvalue weighted by molar-refractivity contribution is 0.102. The second-order valence-corrected chi connectivity index (χ2v) is 5.71. The molecule has 3 aromatic rings. The summed E-state index contributed by atoms with van der Waals surface area (Å²) in [5.41, 5.74) is 1.88. The molecule has 0 bridgehead atoms. The van der Waals surface area contributed by atoms with Gasteiger partial charge in [0.05, 0.1) is 17.2 Å². The maximum Gasteiger partial charge on any atom is 0.258 e. The molecule has 134 valence electrons. The van der Waals surface area contributed by atoms with Gasteiger partial charge in [0.2, 0.25) is 5.95 Å². The van der Waals surface area contributed by atoms with Gasteiger partial charge in [-0.25, -0.2) is 14.4 Å². The predicted octanol–water partition coefficient (Wildman–Crippen LogP) is 3.39. The van der Waals surface area contributed by atoms with E-state index >= 15 is 0 Å². The molecule has 0 spiro atoms. The number of halogens is 1. The van der Waals surface area contributed by atoms with Crippen LogP contribution in [0.25, 0.3) is 0 Å². The maximum atomic E-state index is 13.6. The van der Waals surface area contributed by atoms with Crippen molar-refractivity contribution in [2.24, 2.45) is 0 Å². The van der Waals surface area contributed by atoms with Gasteiger partial charge in [-0.15, -0.1) is 0 Å². The second kappa shape index (κ2) is 8.54. The topological polar surface area (TPSA) is 90.7 Å². The first-order valence-electron chi connectivity index (χ1n) is 8.26. The van der Waals surface area contributed by atoms with Gasteiger partial charge >= 0.3 is 0 Å². The van der Waals surface area contributed by atoms with Gasteiger partial charge in [-0.2, -0.15) is 5.26 Å². The summed E-state index contributed by atoms with van der Waals surface area (Å²) in [5.74, 6) is -0.259. The van der Waals surface area contributed by atoms with E-state index in [1.54, 1.807) is 42.5 Å². The highest BCUT2D eigenvalue weighted by Gasteiger charge is 2.08. The standard InChI is InChI=1S/C20H16FN5O/c21-18-7-2-1-5-15(18)8-9-23-20-24-12-16(13-25-20)19(27)26-17-6-3-4-14(10-17)11-22/h1-7,10,12-13H,8-9H2,(H,26,27)(H,23,24,25). The zero-order valence-electron chi connectivity index (χ0n) is 14.3. The molecular formula is C20H16FN5O. The predicted molar refractivity (Wildman–Crippen MR) is 99.7 cm³/mol. The van der Waals surface area contributed by atoms with Crippen LogP contribution < -0.4 is 10.6 Å². The van der Waals surface area contributed by atoms with Crippen molar-refractivity contribution < 1.29 is 9.18 Å². The fourth-order valence-electron chi connectivity index (χ4n) is 2.42. The molecule has 2 N–H and O–H groups in total. The molecule has 0 unspecified atom stereocenters. The fraction of sp³-hybridized carbons (Fsp3) is 0.100. The minimum absolute atomic E-state index is 0.243. The number of hydrogen-bond donors (Lipinski definition) is 2. The average Bonchev–Trinajstić information content (AvgIpc) is 2.70. The van der Waals surface area contributed by atoms with Crippen LogP contribution in [-0.2, 0) is 6.42 Å². The Labute approximate surface area is 155 Å². The summed E-state index contributed by atoms with van der Waals surface area (Å²) in [7, 11) is 0. The summed E-state index contributed by atoms with van der Waals surface area (Å²) < 4.78 is 13.6. The lowest BCUT2D eigenvalue weighted by atomic mass is 10.1.